The van der Waals surface area contributed by atoms with E-state index in [2.05, 4.69) is 47.3 Å². The van der Waals surface area contributed by atoms with Gasteiger partial charge in [-0.3, -0.25) is 9.48 Å². The highest BCUT2D eigenvalue weighted by molar-refractivity contribution is 5.92. The summed E-state index contributed by atoms with van der Waals surface area (Å²) in [5.41, 5.74) is 1.85. The van der Waals surface area contributed by atoms with Crippen LogP contribution in [0.5, 0.6) is 0 Å². The fourth-order valence-corrected chi connectivity index (χ4v) is 4.81. The molecular weight excluding hydrogens is 364 g/mol. The average Bonchev–Trinajstić information content (AvgIpc) is 3.38. The van der Waals surface area contributed by atoms with Crippen molar-refractivity contribution >= 4 is 11.6 Å². The Hall–Kier alpha value is -2.34. The van der Waals surface area contributed by atoms with E-state index in [0.29, 0.717) is 11.7 Å². The lowest BCUT2D eigenvalue weighted by Gasteiger charge is -2.39. The summed E-state index contributed by atoms with van der Waals surface area (Å²) < 4.78 is 8.20. The van der Waals surface area contributed by atoms with Crippen LogP contribution in [0.25, 0.3) is 0 Å². The van der Waals surface area contributed by atoms with Crippen molar-refractivity contribution in [2.45, 2.75) is 57.7 Å². The van der Waals surface area contributed by atoms with Gasteiger partial charge in [0.15, 0.2) is 0 Å². The lowest BCUT2D eigenvalue weighted by atomic mass is 9.87. The molecule has 1 atom stereocenters. The Morgan fingerprint density at radius 2 is 1.97 bits per heavy atom. The highest BCUT2D eigenvalue weighted by Crippen LogP contribution is 2.39. The molecule has 2 aromatic rings. The van der Waals surface area contributed by atoms with Crippen LogP contribution in [0.4, 0.5) is 5.69 Å². The van der Waals surface area contributed by atoms with Gasteiger partial charge in [-0.25, -0.2) is 0 Å². The summed E-state index contributed by atoms with van der Waals surface area (Å²) in [5, 5.41) is 4.31. The number of anilines is 1. The van der Waals surface area contributed by atoms with Gasteiger partial charge in [0.25, 0.3) is 5.91 Å². The van der Waals surface area contributed by atoms with Gasteiger partial charge in [-0.2, -0.15) is 5.10 Å². The molecule has 0 aliphatic carbocycles. The van der Waals surface area contributed by atoms with Gasteiger partial charge in [0.05, 0.1) is 18.2 Å². The Balaban J connectivity index is 1.39. The lowest BCUT2D eigenvalue weighted by molar-refractivity contribution is -0.0390. The van der Waals surface area contributed by atoms with Crippen LogP contribution in [-0.2, 0) is 4.74 Å². The highest BCUT2D eigenvalue weighted by atomic mass is 16.5. The van der Waals surface area contributed by atoms with Gasteiger partial charge in [-0.1, -0.05) is 18.2 Å². The molecule has 4 rings (SSSR count). The van der Waals surface area contributed by atoms with Crippen molar-refractivity contribution in [2.75, 3.05) is 31.1 Å². The molecule has 3 heterocycles. The number of hydrogen-bond acceptors (Lipinski definition) is 4. The number of carbonyl (C=O) groups excluding carboxylic acids is 1. The van der Waals surface area contributed by atoms with Crippen molar-refractivity contribution in [3.63, 3.8) is 0 Å². The molecule has 0 N–H and O–H groups in total. The number of carbonyl (C=O) groups is 1. The maximum Gasteiger partial charge on any atom is 0.272 e. The second-order valence-corrected chi connectivity index (χ2v) is 8.52. The van der Waals surface area contributed by atoms with Gasteiger partial charge >= 0.3 is 0 Å². The van der Waals surface area contributed by atoms with Crippen LogP contribution in [-0.4, -0.2) is 58.5 Å². The number of rotatable bonds is 5. The number of likely N-dealkylation sites (tertiary alicyclic amines) is 1. The van der Waals surface area contributed by atoms with E-state index in [0.717, 1.165) is 45.5 Å². The summed E-state index contributed by atoms with van der Waals surface area (Å²) in [6, 6.07) is 13.0. The monoisotopic (exact) mass is 396 g/mol. The van der Waals surface area contributed by atoms with Crippen molar-refractivity contribution in [3.8, 4) is 0 Å². The molecule has 156 valence electrons. The molecule has 1 unspecified atom stereocenters. The summed E-state index contributed by atoms with van der Waals surface area (Å²) in [6.45, 7) is 9.52. The van der Waals surface area contributed by atoms with E-state index in [4.69, 9.17) is 4.74 Å². The molecule has 0 bridgehead atoms. The van der Waals surface area contributed by atoms with E-state index >= 15 is 0 Å². The summed E-state index contributed by atoms with van der Waals surface area (Å²) in [7, 11) is 0. The molecule has 2 fully saturated rings. The number of hydrogen-bond donors (Lipinski definition) is 0. The first kappa shape index (κ1) is 20.0. The zero-order valence-corrected chi connectivity index (χ0v) is 17.8. The van der Waals surface area contributed by atoms with Gasteiger partial charge in [-0.15, -0.1) is 0 Å². The minimum absolute atomic E-state index is 0.0834. The maximum atomic E-state index is 13.0. The van der Waals surface area contributed by atoms with E-state index in [9.17, 15) is 4.79 Å². The maximum absolute atomic E-state index is 13.0. The minimum atomic E-state index is -0.0953. The predicted molar refractivity (Wildman–Crippen MR) is 114 cm³/mol. The average molecular weight is 397 g/mol. The number of benzene rings is 1. The van der Waals surface area contributed by atoms with E-state index in [1.165, 1.54) is 5.69 Å². The van der Waals surface area contributed by atoms with Gasteiger partial charge in [0.1, 0.15) is 5.69 Å². The second kappa shape index (κ2) is 8.19. The van der Waals surface area contributed by atoms with Crippen molar-refractivity contribution in [3.05, 3.63) is 48.3 Å². The Labute approximate surface area is 173 Å². The van der Waals surface area contributed by atoms with Crippen molar-refractivity contribution < 1.29 is 9.53 Å². The molecule has 1 spiro atoms. The fourth-order valence-electron chi connectivity index (χ4n) is 4.81. The molecule has 0 radical (unpaired) electrons. The Morgan fingerprint density at radius 3 is 2.62 bits per heavy atom. The normalized spacial score (nSPS) is 21.1. The smallest absolute Gasteiger partial charge is 0.272 e. The van der Waals surface area contributed by atoms with Crippen LogP contribution in [0, 0.1) is 0 Å². The summed E-state index contributed by atoms with van der Waals surface area (Å²) >= 11 is 0. The number of amides is 1. The predicted octanol–water partition coefficient (Wildman–Crippen LogP) is 3.75. The largest absolute Gasteiger partial charge is 0.373 e. The third-order valence-electron chi connectivity index (χ3n) is 6.40. The van der Waals surface area contributed by atoms with E-state index in [-0.39, 0.29) is 17.6 Å². The Bertz CT molecular complexity index is 824. The highest BCUT2D eigenvalue weighted by Gasteiger charge is 2.45. The molecular formula is C23H32N4O2. The molecule has 6 heteroatoms. The number of piperidine rings is 1. The number of nitrogens with zero attached hydrogens (tertiary/aromatic N) is 4. The van der Waals surface area contributed by atoms with Crippen molar-refractivity contribution in [2.24, 2.45) is 0 Å². The van der Waals surface area contributed by atoms with Crippen molar-refractivity contribution in [1.82, 2.24) is 14.7 Å². The molecule has 1 aromatic heterocycles. The number of ether oxygens (including phenoxy) is 1. The topological polar surface area (TPSA) is 50.6 Å². The van der Waals surface area contributed by atoms with E-state index in [1.807, 2.05) is 29.5 Å². The van der Waals surface area contributed by atoms with Gasteiger partial charge in [0, 0.05) is 37.6 Å². The number of para-hydroxylation sites is 1. The molecule has 29 heavy (non-hydrogen) atoms. The minimum Gasteiger partial charge on any atom is -0.373 e. The van der Waals surface area contributed by atoms with Gasteiger partial charge in [0.2, 0.25) is 0 Å². The molecule has 1 aromatic carbocycles. The van der Waals surface area contributed by atoms with Crippen LogP contribution in [0.15, 0.2) is 42.6 Å². The summed E-state index contributed by atoms with van der Waals surface area (Å²) in [4.78, 5) is 17.4. The first-order valence-corrected chi connectivity index (χ1v) is 10.8. The molecule has 2 aliphatic rings. The van der Waals surface area contributed by atoms with Gasteiger partial charge < -0.3 is 14.5 Å². The first-order valence-electron chi connectivity index (χ1n) is 10.8. The standard InChI is InChI=1S/C23H32N4O2/c1-4-26(19-8-6-5-7-9-19)20-16-23(29-17-20)11-14-25(15-12-23)22(28)21-10-13-24-27(21)18(2)3/h5-10,13,18,20H,4,11-12,14-17H2,1-3H3. The van der Waals surface area contributed by atoms with E-state index < -0.39 is 0 Å². The second-order valence-electron chi connectivity index (χ2n) is 8.52. The molecule has 6 nitrogen and oxygen atoms in total. The van der Waals surface area contributed by atoms with Crippen molar-refractivity contribution in [1.29, 1.82) is 0 Å². The number of likely N-dealkylation sites (N-methyl/N-ethyl adjacent to an activating group) is 1. The third kappa shape index (κ3) is 3.90. The van der Waals surface area contributed by atoms with Crippen LogP contribution in [0.3, 0.4) is 0 Å². The van der Waals surface area contributed by atoms with Crippen LogP contribution in [0.2, 0.25) is 0 Å². The zero-order valence-electron chi connectivity index (χ0n) is 17.8. The lowest BCUT2D eigenvalue weighted by Crippen LogP contribution is -2.47. The molecule has 2 saturated heterocycles. The third-order valence-corrected chi connectivity index (χ3v) is 6.40. The Kier molecular flexibility index (Phi) is 5.63. The van der Waals surface area contributed by atoms with E-state index in [1.54, 1.807) is 6.20 Å². The molecule has 1 amide bonds. The molecule has 2 aliphatic heterocycles. The van der Waals surface area contributed by atoms with Crippen LogP contribution < -0.4 is 4.90 Å². The summed E-state index contributed by atoms with van der Waals surface area (Å²) in [5.74, 6) is 0.0834. The number of aromatic nitrogens is 2. The zero-order chi connectivity index (χ0) is 20.4. The molecule has 0 saturated carbocycles. The van der Waals surface area contributed by atoms with Gasteiger partial charge in [-0.05, 0) is 58.2 Å². The van der Waals surface area contributed by atoms with Crippen LogP contribution >= 0.6 is 0 Å². The fraction of sp³-hybridized carbons (Fsp3) is 0.565. The Morgan fingerprint density at radius 1 is 1.24 bits per heavy atom. The quantitative estimate of drug-likeness (QED) is 0.772. The summed E-state index contributed by atoms with van der Waals surface area (Å²) in [6.07, 6.45) is 4.54. The first-order chi connectivity index (χ1) is 14.0. The van der Waals surface area contributed by atoms with Crippen LogP contribution in [0.1, 0.15) is 56.6 Å². The SMILES string of the molecule is CCN(c1ccccc1)C1COC2(CCN(C(=O)c3ccnn3C(C)C)CC2)C1.